The van der Waals surface area contributed by atoms with Crippen LogP contribution in [0.2, 0.25) is 0 Å². The highest BCUT2D eigenvalue weighted by molar-refractivity contribution is 5.43. The maximum absolute atomic E-state index is 8.71. The van der Waals surface area contributed by atoms with Gasteiger partial charge in [0.25, 0.3) is 0 Å². The minimum atomic E-state index is 0.109. The van der Waals surface area contributed by atoms with Crippen molar-refractivity contribution in [1.82, 2.24) is 0 Å². The van der Waals surface area contributed by atoms with Crippen molar-refractivity contribution in [3.05, 3.63) is 29.3 Å². The van der Waals surface area contributed by atoms with Crippen molar-refractivity contribution in [3.63, 3.8) is 0 Å². The van der Waals surface area contributed by atoms with Crippen molar-refractivity contribution in [1.29, 1.82) is 0 Å². The van der Waals surface area contributed by atoms with E-state index in [-0.39, 0.29) is 6.61 Å². The first-order valence-corrected chi connectivity index (χ1v) is 7.20. The quantitative estimate of drug-likeness (QED) is 0.858. The van der Waals surface area contributed by atoms with Crippen LogP contribution in [-0.4, -0.2) is 31.5 Å². The molecular weight excluding hydrogens is 252 g/mol. The molecule has 0 spiro atoms. The lowest BCUT2D eigenvalue weighted by atomic mass is 10.0. The predicted octanol–water partition coefficient (Wildman–Crippen LogP) is 2.53. The molecule has 0 amide bonds. The van der Waals surface area contributed by atoms with Gasteiger partial charge in [0.05, 0.1) is 13.2 Å². The van der Waals surface area contributed by atoms with Gasteiger partial charge < -0.3 is 14.6 Å². The molecule has 3 nitrogen and oxygen atoms in total. The summed E-state index contributed by atoms with van der Waals surface area (Å²) in [6.07, 6.45) is 2.69. The summed E-state index contributed by atoms with van der Waals surface area (Å²) in [6, 6.07) is 5.98. The molecule has 1 aliphatic heterocycles. The van der Waals surface area contributed by atoms with E-state index >= 15 is 0 Å². The number of hydrogen-bond donors (Lipinski definition) is 1. The van der Waals surface area contributed by atoms with Crippen LogP contribution in [0, 0.1) is 24.7 Å². The first kappa shape index (κ1) is 14.9. The molecule has 0 radical (unpaired) electrons. The third-order valence-electron chi connectivity index (χ3n) is 3.46. The topological polar surface area (TPSA) is 38.7 Å². The van der Waals surface area contributed by atoms with E-state index in [0.717, 1.165) is 49.5 Å². The molecule has 1 heterocycles. The Bertz CT molecular complexity index is 479. The van der Waals surface area contributed by atoms with Gasteiger partial charge in [-0.05, 0) is 49.4 Å². The van der Waals surface area contributed by atoms with Crippen LogP contribution in [0.5, 0.6) is 5.75 Å². The first-order valence-electron chi connectivity index (χ1n) is 7.20. The first-order chi connectivity index (χ1) is 9.79. The van der Waals surface area contributed by atoms with Crippen molar-refractivity contribution in [2.45, 2.75) is 26.2 Å². The Morgan fingerprint density at radius 2 is 2.15 bits per heavy atom. The van der Waals surface area contributed by atoms with Gasteiger partial charge in [-0.2, -0.15) is 0 Å². The SMILES string of the molecule is Cc1cc(C#CCCO)ccc1OCC1CCOCC1. The number of aliphatic hydroxyl groups excluding tert-OH is 1. The summed E-state index contributed by atoms with van der Waals surface area (Å²) in [4.78, 5) is 0. The number of ether oxygens (including phenoxy) is 2. The number of hydrogen-bond acceptors (Lipinski definition) is 3. The summed E-state index contributed by atoms with van der Waals surface area (Å²) in [7, 11) is 0. The largest absolute Gasteiger partial charge is 0.493 e. The zero-order valence-electron chi connectivity index (χ0n) is 12.0. The summed E-state index contributed by atoms with van der Waals surface area (Å²) >= 11 is 0. The lowest BCUT2D eigenvalue weighted by Crippen LogP contribution is -2.21. The normalized spacial score (nSPS) is 15.5. The molecule has 0 unspecified atom stereocenters. The highest BCUT2D eigenvalue weighted by Crippen LogP contribution is 2.22. The van der Waals surface area contributed by atoms with E-state index in [4.69, 9.17) is 14.6 Å². The lowest BCUT2D eigenvalue weighted by molar-refractivity contribution is 0.0496. The second-order valence-electron chi connectivity index (χ2n) is 5.12. The summed E-state index contributed by atoms with van der Waals surface area (Å²) in [6.45, 7) is 4.62. The Morgan fingerprint density at radius 1 is 1.35 bits per heavy atom. The second kappa shape index (κ2) is 7.94. The average molecular weight is 274 g/mol. The van der Waals surface area contributed by atoms with E-state index < -0.39 is 0 Å². The zero-order chi connectivity index (χ0) is 14.2. The predicted molar refractivity (Wildman–Crippen MR) is 78.8 cm³/mol. The smallest absolute Gasteiger partial charge is 0.122 e. The minimum absolute atomic E-state index is 0.109. The third-order valence-corrected chi connectivity index (χ3v) is 3.46. The molecule has 3 heteroatoms. The fourth-order valence-corrected chi connectivity index (χ4v) is 2.23. The van der Waals surface area contributed by atoms with Crippen molar-refractivity contribution < 1.29 is 14.6 Å². The van der Waals surface area contributed by atoms with E-state index in [9.17, 15) is 0 Å². The van der Waals surface area contributed by atoms with Crippen molar-refractivity contribution in [2.24, 2.45) is 5.92 Å². The number of aliphatic hydroxyl groups is 1. The molecular formula is C17H22O3. The Labute approximate surface area is 120 Å². The molecule has 1 saturated heterocycles. The van der Waals surface area contributed by atoms with E-state index in [1.54, 1.807) is 0 Å². The van der Waals surface area contributed by atoms with Crippen LogP contribution in [0.1, 0.15) is 30.4 Å². The van der Waals surface area contributed by atoms with Gasteiger partial charge in [0, 0.05) is 25.2 Å². The van der Waals surface area contributed by atoms with Crippen LogP contribution in [0.15, 0.2) is 18.2 Å². The molecule has 1 fully saturated rings. The van der Waals surface area contributed by atoms with Gasteiger partial charge in [0.15, 0.2) is 0 Å². The monoisotopic (exact) mass is 274 g/mol. The standard InChI is InChI=1S/C17H22O3/c1-14-12-15(4-2-3-9-18)5-6-17(14)20-13-16-7-10-19-11-8-16/h5-6,12,16,18H,3,7-11,13H2,1H3. The molecule has 2 rings (SSSR count). The van der Waals surface area contributed by atoms with Crippen LogP contribution in [-0.2, 0) is 4.74 Å². The summed E-state index contributed by atoms with van der Waals surface area (Å²) in [5, 5.41) is 8.71. The molecule has 0 aromatic heterocycles. The second-order valence-corrected chi connectivity index (χ2v) is 5.12. The van der Waals surface area contributed by atoms with Crippen LogP contribution in [0.4, 0.5) is 0 Å². The van der Waals surface area contributed by atoms with Crippen molar-refractivity contribution in [2.75, 3.05) is 26.4 Å². The number of benzene rings is 1. The van der Waals surface area contributed by atoms with Gasteiger partial charge in [-0.25, -0.2) is 0 Å². The Hall–Kier alpha value is -1.50. The molecule has 1 aromatic carbocycles. The van der Waals surface area contributed by atoms with Gasteiger partial charge in [0.2, 0.25) is 0 Å². The molecule has 0 saturated carbocycles. The average Bonchev–Trinajstić information content (AvgIpc) is 2.48. The van der Waals surface area contributed by atoms with Crippen LogP contribution >= 0.6 is 0 Å². The summed E-state index contributed by atoms with van der Waals surface area (Å²) in [5.41, 5.74) is 2.07. The zero-order valence-corrected chi connectivity index (χ0v) is 12.0. The summed E-state index contributed by atoms with van der Waals surface area (Å²) in [5.74, 6) is 7.50. The Balaban J connectivity index is 1.90. The van der Waals surface area contributed by atoms with E-state index in [0.29, 0.717) is 12.3 Å². The van der Waals surface area contributed by atoms with Gasteiger partial charge in [-0.1, -0.05) is 11.8 Å². The molecule has 0 aliphatic carbocycles. The molecule has 0 atom stereocenters. The third kappa shape index (κ3) is 4.56. The van der Waals surface area contributed by atoms with Crippen LogP contribution in [0.3, 0.4) is 0 Å². The maximum Gasteiger partial charge on any atom is 0.122 e. The Kier molecular flexibility index (Phi) is 5.91. The van der Waals surface area contributed by atoms with Gasteiger partial charge in [0.1, 0.15) is 5.75 Å². The van der Waals surface area contributed by atoms with Crippen LogP contribution in [0.25, 0.3) is 0 Å². The van der Waals surface area contributed by atoms with E-state index in [1.807, 2.05) is 25.1 Å². The van der Waals surface area contributed by atoms with Gasteiger partial charge >= 0.3 is 0 Å². The molecule has 20 heavy (non-hydrogen) atoms. The number of aryl methyl sites for hydroxylation is 1. The molecule has 1 aliphatic rings. The lowest BCUT2D eigenvalue weighted by Gasteiger charge is -2.22. The molecule has 1 N–H and O–H groups in total. The Morgan fingerprint density at radius 3 is 2.85 bits per heavy atom. The van der Waals surface area contributed by atoms with E-state index in [2.05, 4.69) is 11.8 Å². The molecule has 108 valence electrons. The highest BCUT2D eigenvalue weighted by atomic mass is 16.5. The highest BCUT2D eigenvalue weighted by Gasteiger charge is 2.14. The fourth-order valence-electron chi connectivity index (χ4n) is 2.23. The maximum atomic E-state index is 8.71. The van der Waals surface area contributed by atoms with Gasteiger partial charge in [-0.3, -0.25) is 0 Å². The summed E-state index contributed by atoms with van der Waals surface area (Å²) < 4.78 is 11.3. The van der Waals surface area contributed by atoms with Crippen molar-refractivity contribution >= 4 is 0 Å². The van der Waals surface area contributed by atoms with Gasteiger partial charge in [-0.15, -0.1) is 0 Å². The van der Waals surface area contributed by atoms with E-state index in [1.165, 1.54) is 0 Å². The molecule has 1 aromatic rings. The molecule has 0 bridgehead atoms. The van der Waals surface area contributed by atoms with Crippen LogP contribution < -0.4 is 4.74 Å². The van der Waals surface area contributed by atoms with Crippen molar-refractivity contribution in [3.8, 4) is 17.6 Å². The minimum Gasteiger partial charge on any atom is -0.493 e. The number of rotatable bonds is 4. The fraction of sp³-hybridized carbons (Fsp3) is 0.529.